The van der Waals surface area contributed by atoms with Crippen molar-refractivity contribution >= 4 is 21.6 Å². The average Bonchev–Trinajstić information content (AvgIpc) is 2.25. The van der Waals surface area contributed by atoms with Crippen LogP contribution in [0.3, 0.4) is 0 Å². The SMILES string of the molecule is COc1ccc(C/C(C)=N/O)c(Br)c1O. The van der Waals surface area contributed by atoms with Crippen LogP contribution in [-0.4, -0.2) is 23.1 Å². The average molecular weight is 274 g/mol. The van der Waals surface area contributed by atoms with E-state index in [4.69, 9.17) is 9.94 Å². The molecule has 0 radical (unpaired) electrons. The van der Waals surface area contributed by atoms with E-state index in [0.717, 1.165) is 5.56 Å². The van der Waals surface area contributed by atoms with Gasteiger partial charge in [-0.1, -0.05) is 11.2 Å². The van der Waals surface area contributed by atoms with E-state index in [1.54, 1.807) is 19.1 Å². The van der Waals surface area contributed by atoms with Crippen molar-refractivity contribution in [2.24, 2.45) is 5.16 Å². The van der Waals surface area contributed by atoms with Crippen LogP contribution in [0.5, 0.6) is 11.5 Å². The van der Waals surface area contributed by atoms with E-state index >= 15 is 0 Å². The molecule has 0 heterocycles. The van der Waals surface area contributed by atoms with Gasteiger partial charge in [0.15, 0.2) is 11.5 Å². The minimum absolute atomic E-state index is 0.0562. The fourth-order valence-electron chi connectivity index (χ4n) is 1.20. The van der Waals surface area contributed by atoms with Crippen LogP contribution >= 0.6 is 15.9 Å². The Bertz CT molecular complexity index is 390. The molecule has 0 aliphatic rings. The second kappa shape index (κ2) is 5.02. The number of ether oxygens (including phenoxy) is 1. The molecule has 0 aliphatic heterocycles. The third-order valence-corrected chi connectivity index (χ3v) is 2.88. The lowest BCUT2D eigenvalue weighted by Crippen LogP contribution is -1.99. The van der Waals surface area contributed by atoms with E-state index in [1.807, 2.05) is 0 Å². The van der Waals surface area contributed by atoms with Gasteiger partial charge in [-0.2, -0.15) is 0 Å². The summed E-state index contributed by atoms with van der Waals surface area (Å²) >= 11 is 3.26. The molecular weight excluding hydrogens is 262 g/mol. The van der Waals surface area contributed by atoms with Gasteiger partial charge < -0.3 is 15.1 Å². The molecule has 0 amide bonds. The van der Waals surface area contributed by atoms with Gasteiger partial charge in [0.25, 0.3) is 0 Å². The quantitative estimate of drug-likeness (QED) is 0.506. The van der Waals surface area contributed by atoms with Crippen LogP contribution in [-0.2, 0) is 6.42 Å². The van der Waals surface area contributed by atoms with Crippen LogP contribution in [0.1, 0.15) is 12.5 Å². The molecule has 2 N–H and O–H groups in total. The summed E-state index contributed by atoms with van der Waals surface area (Å²) in [4.78, 5) is 0. The van der Waals surface area contributed by atoms with Crippen molar-refractivity contribution in [2.75, 3.05) is 7.11 Å². The predicted molar refractivity (Wildman–Crippen MR) is 61.0 cm³/mol. The number of oxime groups is 1. The van der Waals surface area contributed by atoms with Crippen LogP contribution in [0.2, 0.25) is 0 Å². The number of nitrogens with zero attached hydrogens (tertiary/aromatic N) is 1. The number of rotatable bonds is 3. The first-order valence-electron chi connectivity index (χ1n) is 4.32. The van der Waals surface area contributed by atoms with Crippen molar-refractivity contribution in [3.8, 4) is 11.5 Å². The fourth-order valence-corrected chi connectivity index (χ4v) is 1.67. The van der Waals surface area contributed by atoms with E-state index < -0.39 is 0 Å². The molecule has 1 rings (SSSR count). The zero-order valence-corrected chi connectivity index (χ0v) is 10.1. The van der Waals surface area contributed by atoms with E-state index in [2.05, 4.69) is 21.1 Å². The van der Waals surface area contributed by atoms with Crippen LogP contribution in [0, 0.1) is 0 Å². The Labute approximate surface area is 96.3 Å². The molecule has 1 aromatic rings. The highest BCUT2D eigenvalue weighted by molar-refractivity contribution is 9.10. The van der Waals surface area contributed by atoms with Crippen molar-refractivity contribution in [1.82, 2.24) is 0 Å². The maximum absolute atomic E-state index is 9.69. The summed E-state index contributed by atoms with van der Waals surface area (Å²) in [6.45, 7) is 1.70. The maximum Gasteiger partial charge on any atom is 0.172 e. The van der Waals surface area contributed by atoms with Gasteiger partial charge in [-0.3, -0.25) is 0 Å². The molecule has 0 bridgehead atoms. The highest BCUT2D eigenvalue weighted by Gasteiger charge is 2.11. The number of aromatic hydroxyl groups is 1. The first kappa shape index (κ1) is 11.8. The van der Waals surface area contributed by atoms with Crippen molar-refractivity contribution in [1.29, 1.82) is 0 Å². The molecule has 0 saturated heterocycles. The number of benzene rings is 1. The van der Waals surface area contributed by atoms with Crippen molar-refractivity contribution in [3.63, 3.8) is 0 Å². The lowest BCUT2D eigenvalue weighted by atomic mass is 10.1. The third kappa shape index (κ3) is 2.62. The third-order valence-electron chi connectivity index (χ3n) is 2.00. The van der Waals surface area contributed by atoms with Gasteiger partial charge in [0.1, 0.15) is 0 Å². The Morgan fingerprint density at radius 2 is 2.20 bits per heavy atom. The summed E-state index contributed by atoms with van der Waals surface area (Å²) in [5.41, 5.74) is 1.41. The largest absolute Gasteiger partial charge is 0.503 e. The zero-order chi connectivity index (χ0) is 11.4. The standard InChI is InChI=1S/C10H12BrNO3/c1-6(12-14)5-7-3-4-8(15-2)10(13)9(7)11/h3-4,13-14H,5H2,1-2H3/b12-6+. The van der Waals surface area contributed by atoms with E-state index in [1.165, 1.54) is 7.11 Å². The molecule has 0 saturated carbocycles. The van der Waals surface area contributed by atoms with Crippen molar-refractivity contribution in [3.05, 3.63) is 22.2 Å². The van der Waals surface area contributed by atoms with Gasteiger partial charge in [0, 0.05) is 6.42 Å². The second-order valence-electron chi connectivity index (χ2n) is 3.10. The highest BCUT2D eigenvalue weighted by Crippen LogP contribution is 2.36. The Morgan fingerprint density at radius 1 is 1.53 bits per heavy atom. The summed E-state index contributed by atoms with van der Waals surface area (Å²) < 4.78 is 5.51. The lowest BCUT2D eigenvalue weighted by molar-refractivity contribution is 0.317. The first-order valence-corrected chi connectivity index (χ1v) is 5.11. The molecule has 15 heavy (non-hydrogen) atoms. The summed E-state index contributed by atoms with van der Waals surface area (Å²) in [5.74, 6) is 0.463. The van der Waals surface area contributed by atoms with Gasteiger partial charge in [-0.05, 0) is 34.5 Å². The number of hydrogen-bond donors (Lipinski definition) is 2. The van der Waals surface area contributed by atoms with Crippen LogP contribution in [0.25, 0.3) is 0 Å². The summed E-state index contributed by atoms with van der Waals surface area (Å²) in [7, 11) is 1.49. The molecule has 0 unspecified atom stereocenters. The molecule has 0 fully saturated rings. The summed E-state index contributed by atoms with van der Waals surface area (Å²) in [6.07, 6.45) is 0.467. The molecule has 1 aromatic carbocycles. The monoisotopic (exact) mass is 273 g/mol. The lowest BCUT2D eigenvalue weighted by Gasteiger charge is -2.09. The molecule has 0 aromatic heterocycles. The van der Waals surface area contributed by atoms with Gasteiger partial charge in [0.2, 0.25) is 0 Å². The van der Waals surface area contributed by atoms with Gasteiger partial charge >= 0.3 is 0 Å². The van der Waals surface area contributed by atoms with Gasteiger partial charge in [-0.25, -0.2) is 0 Å². The minimum atomic E-state index is 0.0562. The smallest absolute Gasteiger partial charge is 0.172 e. The summed E-state index contributed by atoms with van der Waals surface area (Å²) in [5, 5.41) is 21.3. The Morgan fingerprint density at radius 3 is 2.73 bits per heavy atom. The minimum Gasteiger partial charge on any atom is -0.503 e. The number of phenolic OH excluding ortho intramolecular Hbond substituents is 1. The molecule has 82 valence electrons. The summed E-state index contributed by atoms with van der Waals surface area (Å²) in [6, 6.07) is 3.47. The van der Waals surface area contributed by atoms with Crippen LogP contribution < -0.4 is 4.74 Å². The number of methoxy groups -OCH3 is 1. The zero-order valence-electron chi connectivity index (χ0n) is 8.49. The molecule has 0 aliphatic carbocycles. The van der Waals surface area contributed by atoms with E-state index in [-0.39, 0.29) is 5.75 Å². The molecule has 0 atom stereocenters. The number of halogens is 1. The normalized spacial score (nSPS) is 11.5. The van der Waals surface area contributed by atoms with E-state index in [9.17, 15) is 5.11 Å². The molecular formula is C10H12BrNO3. The second-order valence-corrected chi connectivity index (χ2v) is 3.89. The number of hydrogen-bond acceptors (Lipinski definition) is 4. The maximum atomic E-state index is 9.69. The Hall–Kier alpha value is -1.23. The number of phenols is 1. The topological polar surface area (TPSA) is 62.0 Å². The van der Waals surface area contributed by atoms with Gasteiger partial charge in [-0.15, -0.1) is 0 Å². The Kier molecular flexibility index (Phi) is 3.96. The van der Waals surface area contributed by atoms with Gasteiger partial charge in [0.05, 0.1) is 17.3 Å². The van der Waals surface area contributed by atoms with Crippen LogP contribution in [0.4, 0.5) is 0 Å². The first-order chi connectivity index (χ1) is 7.10. The highest BCUT2D eigenvalue weighted by atomic mass is 79.9. The molecule has 4 nitrogen and oxygen atoms in total. The van der Waals surface area contributed by atoms with Crippen molar-refractivity contribution in [2.45, 2.75) is 13.3 Å². The van der Waals surface area contributed by atoms with Crippen LogP contribution in [0.15, 0.2) is 21.8 Å². The predicted octanol–water partition coefficient (Wildman–Crippen LogP) is 2.56. The van der Waals surface area contributed by atoms with Crippen molar-refractivity contribution < 1.29 is 15.1 Å². The molecule has 5 heteroatoms. The fraction of sp³-hybridized carbons (Fsp3) is 0.300. The van der Waals surface area contributed by atoms with E-state index in [0.29, 0.717) is 22.4 Å². The molecule has 0 spiro atoms. The Balaban J connectivity index is 3.07.